The summed E-state index contributed by atoms with van der Waals surface area (Å²) in [6, 6.07) is 23.6. The molecular formula is C27H32N2O3. The van der Waals surface area contributed by atoms with Gasteiger partial charge in [-0.3, -0.25) is 0 Å². The van der Waals surface area contributed by atoms with Crippen molar-refractivity contribution in [3.63, 3.8) is 0 Å². The molecule has 3 rings (SSSR count). The predicted molar refractivity (Wildman–Crippen MR) is 129 cm³/mol. The number of anilines is 1. The number of ether oxygens (including phenoxy) is 2. The first-order valence-electron chi connectivity index (χ1n) is 11.0. The Labute approximate surface area is 191 Å². The number of amides is 2. The summed E-state index contributed by atoms with van der Waals surface area (Å²) in [5, 5.41) is 3.02. The number of nitrogens with zero attached hydrogens (tertiary/aromatic N) is 1. The average molecular weight is 433 g/mol. The van der Waals surface area contributed by atoms with Crippen molar-refractivity contribution in [1.29, 1.82) is 0 Å². The molecule has 0 heterocycles. The van der Waals surface area contributed by atoms with E-state index in [9.17, 15) is 4.79 Å². The lowest BCUT2D eigenvalue weighted by molar-refractivity contribution is 0.208. The van der Waals surface area contributed by atoms with Gasteiger partial charge in [-0.1, -0.05) is 61.9 Å². The highest BCUT2D eigenvalue weighted by atomic mass is 16.5. The van der Waals surface area contributed by atoms with E-state index in [2.05, 4.69) is 12.2 Å². The first-order valence-corrected chi connectivity index (χ1v) is 11.0. The minimum atomic E-state index is -0.104. The van der Waals surface area contributed by atoms with Crippen LogP contribution in [0.3, 0.4) is 0 Å². The maximum absolute atomic E-state index is 13.0. The normalized spacial score (nSPS) is 10.5. The van der Waals surface area contributed by atoms with E-state index in [0.717, 1.165) is 35.2 Å². The van der Waals surface area contributed by atoms with Gasteiger partial charge in [-0.15, -0.1) is 0 Å². The number of hydrogen-bond donors (Lipinski definition) is 1. The Morgan fingerprint density at radius 2 is 1.75 bits per heavy atom. The summed E-state index contributed by atoms with van der Waals surface area (Å²) in [7, 11) is 1.63. The van der Waals surface area contributed by atoms with Crippen LogP contribution in [0.1, 0.15) is 36.5 Å². The predicted octanol–water partition coefficient (Wildman–Crippen LogP) is 6.42. The molecule has 0 spiro atoms. The highest BCUT2D eigenvalue weighted by Gasteiger charge is 2.15. The van der Waals surface area contributed by atoms with Crippen LogP contribution in [0.2, 0.25) is 0 Å². The van der Waals surface area contributed by atoms with Gasteiger partial charge < -0.3 is 19.7 Å². The molecular weight excluding hydrogens is 400 g/mol. The van der Waals surface area contributed by atoms with Gasteiger partial charge in [-0.05, 0) is 54.3 Å². The molecule has 0 aliphatic rings. The molecule has 0 unspecified atom stereocenters. The van der Waals surface area contributed by atoms with Crippen molar-refractivity contribution in [1.82, 2.24) is 4.90 Å². The molecule has 0 aromatic heterocycles. The van der Waals surface area contributed by atoms with Gasteiger partial charge in [0.1, 0.15) is 6.61 Å². The maximum Gasteiger partial charge on any atom is 0.322 e. The summed E-state index contributed by atoms with van der Waals surface area (Å²) in [5.41, 5.74) is 4.00. The van der Waals surface area contributed by atoms with Crippen molar-refractivity contribution in [2.45, 2.75) is 39.8 Å². The van der Waals surface area contributed by atoms with Gasteiger partial charge in [0, 0.05) is 18.8 Å². The summed E-state index contributed by atoms with van der Waals surface area (Å²) < 4.78 is 11.5. The molecule has 0 atom stereocenters. The van der Waals surface area contributed by atoms with Gasteiger partial charge >= 0.3 is 6.03 Å². The highest BCUT2D eigenvalue weighted by Crippen LogP contribution is 2.29. The second kappa shape index (κ2) is 11.8. The molecule has 32 heavy (non-hydrogen) atoms. The first kappa shape index (κ1) is 23.2. The molecule has 0 aliphatic carbocycles. The number of benzene rings is 3. The number of hydrogen-bond acceptors (Lipinski definition) is 3. The van der Waals surface area contributed by atoms with Crippen molar-refractivity contribution < 1.29 is 14.3 Å². The molecule has 168 valence electrons. The number of carbonyl (C=O) groups is 1. The lowest BCUT2D eigenvalue weighted by atomic mass is 10.1. The number of nitrogens with one attached hydrogen (secondary N) is 1. The summed E-state index contributed by atoms with van der Waals surface area (Å²) in [5.74, 6) is 1.34. The third-order valence-corrected chi connectivity index (χ3v) is 5.18. The fourth-order valence-corrected chi connectivity index (χ4v) is 3.41. The van der Waals surface area contributed by atoms with Crippen molar-refractivity contribution >= 4 is 11.7 Å². The average Bonchev–Trinajstić information content (AvgIpc) is 2.81. The van der Waals surface area contributed by atoms with Crippen LogP contribution in [-0.4, -0.2) is 24.6 Å². The van der Waals surface area contributed by atoms with Crippen molar-refractivity contribution in [3.8, 4) is 11.5 Å². The van der Waals surface area contributed by atoms with Crippen LogP contribution in [0.15, 0.2) is 72.8 Å². The van der Waals surface area contributed by atoms with E-state index in [-0.39, 0.29) is 6.03 Å². The van der Waals surface area contributed by atoms with E-state index in [1.165, 1.54) is 0 Å². The molecule has 1 N–H and O–H groups in total. The van der Waals surface area contributed by atoms with Gasteiger partial charge in [0.2, 0.25) is 0 Å². The standard InChI is InChI=1S/C27H32N2O3/c1-4-5-16-29(27(30)28-24-13-9-10-21(2)17-24)19-23-14-15-25(26(18-23)31-3)32-20-22-11-7-6-8-12-22/h6-15,17-18H,4-5,16,19-20H2,1-3H3,(H,28,30). The summed E-state index contributed by atoms with van der Waals surface area (Å²) in [4.78, 5) is 14.8. The highest BCUT2D eigenvalue weighted by molar-refractivity contribution is 5.89. The first-order chi connectivity index (χ1) is 15.6. The number of urea groups is 1. The van der Waals surface area contributed by atoms with Crippen LogP contribution in [0, 0.1) is 6.92 Å². The molecule has 0 radical (unpaired) electrons. The number of unbranched alkanes of at least 4 members (excludes halogenated alkanes) is 1. The minimum Gasteiger partial charge on any atom is -0.493 e. The van der Waals surface area contributed by atoms with Crippen LogP contribution >= 0.6 is 0 Å². The largest absolute Gasteiger partial charge is 0.493 e. The Morgan fingerprint density at radius 3 is 2.47 bits per heavy atom. The third kappa shape index (κ3) is 6.77. The molecule has 0 aliphatic heterocycles. The number of carbonyl (C=O) groups excluding carboxylic acids is 1. The van der Waals surface area contributed by atoms with Crippen molar-refractivity contribution in [2.24, 2.45) is 0 Å². The Hall–Kier alpha value is -3.47. The topological polar surface area (TPSA) is 50.8 Å². The Bertz CT molecular complexity index is 1000. The molecule has 2 amide bonds. The molecule has 0 bridgehead atoms. The number of methoxy groups -OCH3 is 1. The van der Waals surface area contributed by atoms with Gasteiger partial charge in [0.15, 0.2) is 11.5 Å². The SMILES string of the molecule is CCCCN(Cc1ccc(OCc2ccccc2)c(OC)c1)C(=O)Nc1cccc(C)c1. The van der Waals surface area contributed by atoms with Crippen LogP contribution in [0.4, 0.5) is 10.5 Å². The molecule has 0 fully saturated rings. The quantitative estimate of drug-likeness (QED) is 0.402. The number of aryl methyl sites for hydroxylation is 1. The summed E-state index contributed by atoms with van der Waals surface area (Å²) >= 11 is 0. The Balaban J connectivity index is 1.70. The van der Waals surface area contributed by atoms with Crippen molar-refractivity contribution in [3.05, 3.63) is 89.5 Å². The fraction of sp³-hybridized carbons (Fsp3) is 0.296. The Kier molecular flexibility index (Phi) is 8.55. The third-order valence-electron chi connectivity index (χ3n) is 5.18. The zero-order valence-corrected chi connectivity index (χ0v) is 19.1. The lowest BCUT2D eigenvalue weighted by Gasteiger charge is -2.24. The maximum atomic E-state index is 13.0. The van der Waals surface area contributed by atoms with Crippen LogP contribution in [0.25, 0.3) is 0 Å². The van der Waals surface area contributed by atoms with E-state index >= 15 is 0 Å². The second-order valence-electron chi connectivity index (χ2n) is 7.83. The monoisotopic (exact) mass is 432 g/mol. The summed E-state index contributed by atoms with van der Waals surface area (Å²) in [6.07, 6.45) is 1.96. The molecule has 0 saturated heterocycles. The van der Waals surface area contributed by atoms with Gasteiger partial charge in [-0.25, -0.2) is 4.79 Å². The smallest absolute Gasteiger partial charge is 0.322 e. The van der Waals surface area contributed by atoms with Crippen LogP contribution in [-0.2, 0) is 13.2 Å². The molecule has 3 aromatic rings. The van der Waals surface area contributed by atoms with Gasteiger partial charge in [-0.2, -0.15) is 0 Å². The lowest BCUT2D eigenvalue weighted by Crippen LogP contribution is -2.35. The fourth-order valence-electron chi connectivity index (χ4n) is 3.41. The Morgan fingerprint density at radius 1 is 0.938 bits per heavy atom. The minimum absolute atomic E-state index is 0.104. The second-order valence-corrected chi connectivity index (χ2v) is 7.83. The molecule has 5 nitrogen and oxygen atoms in total. The molecule has 0 saturated carbocycles. The molecule has 5 heteroatoms. The van der Waals surface area contributed by atoms with E-state index in [1.54, 1.807) is 7.11 Å². The molecule has 3 aromatic carbocycles. The van der Waals surface area contributed by atoms with Crippen LogP contribution < -0.4 is 14.8 Å². The van der Waals surface area contributed by atoms with E-state index < -0.39 is 0 Å². The van der Waals surface area contributed by atoms with Gasteiger partial charge in [0.05, 0.1) is 7.11 Å². The van der Waals surface area contributed by atoms with Gasteiger partial charge in [0.25, 0.3) is 0 Å². The zero-order valence-electron chi connectivity index (χ0n) is 19.1. The van der Waals surface area contributed by atoms with E-state index in [0.29, 0.717) is 31.2 Å². The zero-order chi connectivity index (χ0) is 22.8. The van der Waals surface area contributed by atoms with Crippen LogP contribution in [0.5, 0.6) is 11.5 Å². The van der Waals surface area contributed by atoms with E-state index in [1.807, 2.05) is 84.6 Å². The van der Waals surface area contributed by atoms with E-state index in [4.69, 9.17) is 9.47 Å². The van der Waals surface area contributed by atoms with Crippen molar-refractivity contribution in [2.75, 3.05) is 19.0 Å². The summed E-state index contributed by atoms with van der Waals surface area (Å²) in [6.45, 7) is 5.78. The number of rotatable bonds is 10.